The number of aliphatic hydroxyl groups is 2. The summed E-state index contributed by atoms with van der Waals surface area (Å²) in [6.45, 7) is 2.55. The van der Waals surface area contributed by atoms with Gasteiger partial charge in [0.15, 0.2) is 0 Å². The van der Waals surface area contributed by atoms with Crippen LogP contribution in [0.15, 0.2) is 0 Å². The average Bonchev–Trinajstić information content (AvgIpc) is 2.68. The van der Waals surface area contributed by atoms with Gasteiger partial charge in [-0.1, -0.05) is 12.2 Å². The number of nitrogens with zero attached hydrogens (tertiary/aromatic N) is 3. The van der Waals surface area contributed by atoms with Gasteiger partial charge in [-0.3, -0.25) is 4.68 Å². The Balaban J connectivity index is 2.42. The number of aromatic nitrogens is 2. The van der Waals surface area contributed by atoms with Gasteiger partial charge in [0.05, 0.1) is 23.5 Å². The van der Waals surface area contributed by atoms with Gasteiger partial charge in [-0.25, -0.2) is 0 Å². The van der Waals surface area contributed by atoms with Crippen LogP contribution in [0.2, 0.25) is 0 Å². The first-order valence-corrected chi connectivity index (χ1v) is 5.77. The maximum absolute atomic E-state index is 9.57. The molecule has 0 bridgehead atoms. The van der Waals surface area contributed by atoms with Gasteiger partial charge in [0, 0.05) is 20.1 Å². The highest BCUT2D eigenvalue weighted by Crippen LogP contribution is 2.26. The van der Waals surface area contributed by atoms with Gasteiger partial charge < -0.3 is 20.8 Å². The van der Waals surface area contributed by atoms with Gasteiger partial charge in [-0.2, -0.15) is 5.10 Å². The van der Waals surface area contributed by atoms with Crippen LogP contribution in [0.3, 0.4) is 0 Å². The summed E-state index contributed by atoms with van der Waals surface area (Å²) in [5, 5.41) is 23.4. The van der Waals surface area contributed by atoms with E-state index in [2.05, 4.69) is 5.10 Å². The van der Waals surface area contributed by atoms with E-state index in [0.717, 1.165) is 11.5 Å². The number of hydrogen-bond donors (Lipinski definition) is 3. The van der Waals surface area contributed by atoms with Crippen molar-refractivity contribution in [2.75, 3.05) is 18.0 Å². The number of hydrogen-bond acceptors (Lipinski definition) is 5. The molecule has 1 fully saturated rings. The molecule has 1 aromatic rings. The van der Waals surface area contributed by atoms with Gasteiger partial charge in [-0.15, -0.1) is 0 Å². The Bertz CT molecular complexity index is 449. The van der Waals surface area contributed by atoms with Crippen LogP contribution in [0, 0.1) is 6.92 Å². The van der Waals surface area contributed by atoms with Crippen LogP contribution in [-0.4, -0.2) is 50.3 Å². The Hall–Kier alpha value is -1.18. The van der Waals surface area contributed by atoms with Crippen LogP contribution >= 0.6 is 12.2 Å². The summed E-state index contributed by atoms with van der Waals surface area (Å²) in [7, 11) is 1.79. The van der Waals surface area contributed by atoms with E-state index in [9.17, 15) is 10.2 Å². The molecule has 1 aliphatic rings. The van der Waals surface area contributed by atoms with Crippen molar-refractivity contribution < 1.29 is 10.2 Å². The highest BCUT2D eigenvalue weighted by Gasteiger charge is 2.33. The van der Waals surface area contributed by atoms with Crippen molar-refractivity contribution in [2.24, 2.45) is 12.8 Å². The van der Waals surface area contributed by atoms with Gasteiger partial charge in [0.1, 0.15) is 10.8 Å². The van der Waals surface area contributed by atoms with E-state index in [1.165, 1.54) is 0 Å². The van der Waals surface area contributed by atoms with Crippen molar-refractivity contribution >= 4 is 23.0 Å². The summed E-state index contributed by atoms with van der Waals surface area (Å²) in [4.78, 5) is 2.13. The second-order valence-corrected chi connectivity index (χ2v) is 4.75. The van der Waals surface area contributed by atoms with Crippen LogP contribution in [-0.2, 0) is 7.05 Å². The average molecular weight is 256 g/mol. The summed E-state index contributed by atoms with van der Waals surface area (Å²) in [6, 6.07) is 0. The Morgan fingerprint density at radius 2 is 1.94 bits per heavy atom. The Morgan fingerprint density at radius 1 is 1.41 bits per heavy atom. The lowest BCUT2D eigenvalue weighted by molar-refractivity contribution is 0.0572. The van der Waals surface area contributed by atoms with Gasteiger partial charge in [-0.05, 0) is 6.92 Å². The van der Waals surface area contributed by atoms with Crippen LogP contribution in [0.5, 0.6) is 0 Å². The van der Waals surface area contributed by atoms with Crippen LogP contribution in [0.25, 0.3) is 0 Å². The molecule has 0 spiro atoms. The van der Waals surface area contributed by atoms with Crippen molar-refractivity contribution in [3.05, 3.63) is 11.3 Å². The minimum atomic E-state index is -0.746. The van der Waals surface area contributed by atoms with Gasteiger partial charge in [0.2, 0.25) is 0 Å². The zero-order chi connectivity index (χ0) is 12.7. The first-order valence-electron chi connectivity index (χ1n) is 5.36. The van der Waals surface area contributed by atoms with Crippen molar-refractivity contribution in [3.8, 4) is 0 Å². The van der Waals surface area contributed by atoms with E-state index in [0.29, 0.717) is 18.7 Å². The lowest BCUT2D eigenvalue weighted by Crippen LogP contribution is -2.26. The number of β-amino-alcohol motifs (C(OH)–C–C–N with tert-alkyl or cyclic N) is 2. The van der Waals surface area contributed by atoms with E-state index >= 15 is 0 Å². The topological polar surface area (TPSA) is 87.5 Å². The molecule has 0 amide bonds. The molecule has 4 N–H and O–H groups in total. The third kappa shape index (κ3) is 2.01. The standard InChI is InChI=1S/C10H16N4O2S/c1-5-8(9(11)17)10(13(2)12-5)14-3-6(15)7(16)4-14/h6-7,15-16H,3-4H2,1-2H3,(H2,11,17). The smallest absolute Gasteiger partial charge is 0.137 e. The normalized spacial score (nSPS) is 24.4. The number of nitrogens with two attached hydrogens (primary N) is 1. The van der Waals surface area contributed by atoms with E-state index in [-0.39, 0.29) is 4.99 Å². The highest BCUT2D eigenvalue weighted by molar-refractivity contribution is 7.80. The van der Waals surface area contributed by atoms with Crippen LogP contribution in [0.4, 0.5) is 5.82 Å². The second-order valence-electron chi connectivity index (χ2n) is 4.31. The maximum atomic E-state index is 9.57. The molecule has 17 heavy (non-hydrogen) atoms. The van der Waals surface area contributed by atoms with Crippen molar-refractivity contribution in [2.45, 2.75) is 19.1 Å². The third-order valence-corrected chi connectivity index (χ3v) is 3.20. The predicted molar refractivity (Wildman–Crippen MR) is 68.1 cm³/mol. The fourth-order valence-electron chi connectivity index (χ4n) is 2.24. The summed E-state index contributed by atoms with van der Waals surface area (Å²) in [5.74, 6) is 0.755. The Labute approximate surface area is 105 Å². The van der Waals surface area contributed by atoms with E-state index in [1.807, 2.05) is 11.8 Å². The van der Waals surface area contributed by atoms with Crippen molar-refractivity contribution in [1.82, 2.24) is 9.78 Å². The van der Waals surface area contributed by atoms with E-state index < -0.39 is 12.2 Å². The van der Waals surface area contributed by atoms with Crippen molar-refractivity contribution in [1.29, 1.82) is 0 Å². The molecule has 0 saturated carbocycles. The van der Waals surface area contributed by atoms with Crippen molar-refractivity contribution in [3.63, 3.8) is 0 Å². The summed E-state index contributed by atoms with van der Waals surface area (Å²) in [6.07, 6.45) is -1.49. The first kappa shape index (κ1) is 12.3. The highest BCUT2D eigenvalue weighted by atomic mass is 32.1. The molecule has 7 heteroatoms. The molecular weight excluding hydrogens is 240 g/mol. The summed E-state index contributed by atoms with van der Waals surface area (Å²) >= 11 is 5.02. The van der Waals surface area contributed by atoms with E-state index in [1.54, 1.807) is 11.7 Å². The molecule has 0 radical (unpaired) electrons. The SMILES string of the molecule is Cc1nn(C)c(N2CC(O)C(O)C2)c1C(N)=S. The molecule has 1 aliphatic heterocycles. The number of rotatable bonds is 2. The minimum absolute atomic E-state index is 0.279. The number of aliphatic hydroxyl groups excluding tert-OH is 2. The molecule has 2 heterocycles. The van der Waals surface area contributed by atoms with E-state index in [4.69, 9.17) is 18.0 Å². The number of anilines is 1. The molecule has 1 aromatic heterocycles. The van der Waals surface area contributed by atoms with Gasteiger partial charge in [0.25, 0.3) is 0 Å². The molecule has 2 atom stereocenters. The largest absolute Gasteiger partial charge is 0.389 e. The molecule has 6 nitrogen and oxygen atoms in total. The molecular formula is C10H16N4O2S. The first-order chi connectivity index (χ1) is 7.91. The predicted octanol–water partition coefficient (Wildman–Crippen LogP) is -1.10. The molecule has 0 aliphatic carbocycles. The molecule has 94 valence electrons. The van der Waals surface area contributed by atoms with Crippen LogP contribution < -0.4 is 10.6 Å². The Kier molecular flexibility index (Phi) is 3.07. The minimum Gasteiger partial charge on any atom is -0.389 e. The zero-order valence-corrected chi connectivity index (χ0v) is 10.6. The quantitative estimate of drug-likeness (QED) is 0.583. The Morgan fingerprint density at radius 3 is 2.41 bits per heavy atom. The van der Waals surface area contributed by atoms with Gasteiger partial charge >= 0.3 is 0 Å². The molecule has 0 aromatic carbocycles. The summed E-state index contributed by atoms with van der Waals surface area (Å²) < 4.78 is 1.68. The molecule has 1 saturated heterocycles. The third-order valence-electron chi connectivity index (χ3n) is 3.00. The lowest BCUT2D eigenvalue weighted by Gasteiger charge is -2.19. The fourth-order valence-corrected chi connectivity index (χ4v) is 2.48. The lowest BCUT2D eigenvalue weighted by atomic mass is 10.2. The maximum Gasteiger partial charge on any atom is 0.137 e. The monoisotopic (exact) mass is 256 g/mol. The number of aryl methyl sites for hydroxylation is 2. The second kappa shape index (κ2) is 4.25. The molecule has 2 rings (SSSR count). The fraction of sp³-hybridized carbons (Fsp3) is 0.600. The zero-order valence-electron chi connectivity index (χ0n) is 9.79. The van der Waals surface area contributed by atoms with Crippen LogP contribution in [0.1, 0.15) is 11.3 Å². The molecule has 2 unspecified atom stereocenters. The number of thiocarbonyl (C=S) groups is 1. The summed E-state index contributed by atoms with van der Waals surface area (Å²) in [5.41, 5.74) is 7.16.